The zero-order chi connectivity index (χ0) is 8.27. The van der Waals surface area contributed by atoms with Gasteiger partial charge in [0, 0.05) is 0 Å². The van der Waals surface area contributed by atoms with E-state index in [0.29, 0.717) is 0 Å². The van der Waals surface area contributed by atoms with Crippen LogP contribution in [-0.4, -0.2) is 32.6 Å². The van der Waals surface area contributed by atoms with Gasteiger partial charge < -0.3 is 9.52 Å². The summed E-state index contributed by atoms with van der Waals surface area (Å²) in [6.07, 6.45) is 2.54. The van der Waals surface area contributed by atoms with E-state index in [9.17, 15) is 4.79 Å². The van der Waals surface area contributed by atoms with E-state index in [-0.39, 0.29) is 11.5 Å². The Morgan fingerprint density at radius 3 is 2.73 bits per heavy atom. The van der Waals surface area contributed by atoms with Gasteiger partial charge in [0.25, 0.3) is 0 Å². The van der Waals surface area contributed by atoms with E-state index in [2.05, 4.69) is 13.8 Å². The van der Waals surface area contributed by atoms with Crippen LogP contribution >= 0.6 is 0 Å². The van der Waals surface area contributed by atoms with Crippen LogP contribution in [0.15, 0.2) is 12.4 Å². The summed E-state index contributed by atoms with van der Waals surface area (Å²) in [4.78, 5) is 18.1. The van der Waals surface area contributed by atoms with Crippen LogP contribution in [0.3, 0.4) is 0 Å². The fourth-order valence-electron chi connectivity index (χ4n) is 0.504. The minimum Gasteiger partial charge on any atom is -0.623 e. The smallest absolute Gasteiger partial charge is 0.485 e. The molecule has 0 fully saturated rings. The van der Waals surface area contributed by atoms with Gasteiger partial charge in [0.15, 0.2) is 5.69 Å². The molecule has 1 aromatic rings. The third-order valence-electron chi connectivity index (χ3n) is 0.988. The number of hydrogen-bond donors (Lipinski definition) is 1. The van der Waals surface area contributed by atoms with Crippen molar-refractivity contribution in [1.82, 2.24) is 9.97 Å². The second-order valence-electron chi connectivity index (χ2n) is 1.73. The molecule has 6 heteroatoms. The van der Waals surface area contributed by atoms with Crippen molar-refractivity contribution < 1.29 is 8.58 Å². The molecule has 0 spiro atoms. The highest BCUT2D eigenvalue weighted by Crippen LogP contribution is 1.96. The van der Waals surface area contributed by atoms with Gasteiger partial charge in [-0.1, -0.05) is 0 Å². The van der Waals surface area contributed by atoms with Gasteiger partial charge in [-0.3, -0.25) is 0 Å². The summed E-state index contributed by atoms with van der Waals surface area (Å²) in [6, 6.07) is 0. The Balaban J connectivity index is 2.90. The third-order valence-corrected chi connectivity index (χ3v) is 1.20. The molecule has 54 valence electrons. The molecular weight excluding hydrogens is 161 g/mol. The molecule has 2 radical (unpaired) electrons. The van der Waals surface area contributed by atoms with Gasteiger partial charge in [-0.25, -0.2) is 14.8 Å². The number of nitrogens with zero attached hydrogens (tertiary/aromatic N) is 2. The Bertz CT molecular complexity index is 261. The predicted octanol–water partition coefficient (Wildman–Crippen LogP) is -0.701. The first-order valence-electron chi connectivity index (χ1n) is 2.72. The van der Waals surface area contributed by atoms with Crippen molar-refractivity contribution in [3.8, 4) is 0 Å². The number of rotatable bonds is 1. The molecule has 0 unspecified atom stereocenters. The number of hydrogen-bond acceptors (Lipinski definition) is 5. The summed E-state index contributed by atoms with van der Waals surface area (Å²) in [5.41, 5.74) is 5.37. The monoisotopic (exact) mass is 165 g/mol. The fourth-order valence-corrected chi connectivity index (χ4v) is 0.625. The van der Waals surface area contributed by atoms with Gasteiger partial charge in [0.05, 0.1) is 12.4 Å². The average Bonchev–Trinajstić information content (AvgIpc) is 2.05. The predicted molar refractivity (Wildman–Crippen MR) is 37.6 cm³/mol. The topological polar surface area (TPSA) is 78.1 Å². The summed E-state index contributed by atoms with van der Waals surface area (Å²) < 4.78 is 4.31. The highest BCUT2D eigenvalue weighted by Gasteiger charge is 2.04. The zero-order valence-electron chi connectivity index (χ0n) is 5.52. The number of nitrogen functional groups attached to an aromatic ring is 1. The van der Waals surface area contributed by atoms with Gasteiger partial charge >= 0.3 is 22.6 Å². The lowest BCUT2D eigenvalue weighted by atomic mass is 10.5. The average molecular weight is 165 g/mol. The number of carbonyl (C=O) groups is 1. The van der Waals surface area contributed by atoms with Crippen LogP contribution in [0.25, 0.3) is 0 Å². The number of nitrogens with two attached hydrogens (primary N) is 1. The van der Waals surface area contributed by atoms with Crippen molar-refractivity contribution in [2.24, 2.45) is 0 Å². The summed E-state index contributed by atoms with van der Waals surface area (Å²) in [5, 5.41) is 0. The lowest BCUT2D eigenvalue weighted by molar-refractivity contribution is 0.0743. The lowest BCUT2D eigenvalue weighted by Gasteiger charge is -1.98. The molecule has 0 amide bonds. The highest BCUT2D eigenvalue weighted by atomic mass is 27.1. The Labute approximate surface area is 71.3 Å². The van der Waals surface area contributed by atoms with Crippen LogP contribution in [0.2, 0.25) is 0 Å². The van der Waals surface area contributed by atoms with E-state index in [1.165, 1.54) is 12.4 Å². The van der Waals surface area contributed by atoms with E-state index >= 15 is 0 Å². The third kappa shape index (κ3) is 1.90. The van der Waals surface area contributed by atoms with Crippen LogP contribution in [0.1, 0.15) is 10.5 Å². The van der Waals surface area contributed by atoms with Crippen LogP contribution in [0.5, 0.6) is 0 Å². The van der Waals surface area contributed by atoms with E-state index in [1.54, 1.807) is 0 Å². The fraction of sp³-hybridized carbons (Fsp3) is 0. The normalized spacial score (nSPS) is 9.09. The second kappa shape index (κ2) is 3.33. The first-order valence-corrected chi connectivity index (χ1v) is 3.19. The Morgan fingerprint density at radius 1 is 1.55 bits per heavy atom. The molecule has 11 heavy (non-hydrogen) atoms. The van der Waals surface area contributed by atoms with Crippen molar-refractivity contribution in [3.05, 3.63) is 18.1 Å². The maximum Gasteiger partial charge on any atom is 0.485 e. The first kappa shape index (κ1) is 7.98. The van der Waals surface area contributed by atoms with Gasteiger partial charge in [-0.05, 0) is 0 Å². The Hall–Kier alpha value is -1.12. The Morgan fingerprint density at radius 2 is 2.27 bits per heavy atom. The van der Waals surface area contributed by atoms with Crippen LogP contribution in [-0.2, 0) is 3.79 Å². The minimum absolute atomic E-state index is 0.134. The van der Waals surface area contributed by atoms with E-state index in [1.807, 2.05) is 16.6 Å². The molecule has 0 saturated carbocycles. The molecule has 2 N–H and O–H groups in total. The van der Waals surface area contributed by atoms with Crippen molar-refractivity contribution in [3.63, 3.8) is 0 Å². The molecule has 0 aliphatic heterocycles. The van der Waals surface area contributed by atoms with Crippen molar-refractivity contribution in [2.45, 2.75) is 0 Å². The maximum absolute atomic E-state index is 10.7. The number of anilines is 1. The molecule has 0 bridgehead atoms. The van der Waals surface area contributed by atoms with Gasteiger partial charge in [-0.2, -0.15) is 0 Å². The molecule has 0 saturated heterocycles. The molecule has 0 aliphatic carbocycles. The number of aromatic nitrogens is 2. The standard InChI is InChI=1S/C5H5N3O2.Al/c6-4-2-7-3(1-8-4)5(9)10;/h1-2H,(H2,6,8)(H,9,10);/q;+1/p-1. The van der Waals surface area contributed by atoms with E-state index < -0.39 is 5.97 Å². The molecule has 1 heterocycles. The maximum atomic E-state index is 10.7. The summed E-state index contributed by atoms with van der Waals surface area (Å²) in [5.74, 6) is -0.284. The SMILES string of the molecule is Nc1cnc(C(=O)[O][Al])cn1. The molecule has 0 aromatic carbocycles. The molecule has 0 atom stereocenters. The van der Waals surface area contributed by atoms with Gasteiger partial charge in [0.1, 0.15) is 5.82 Å². The highest BCUT2D eigenvalue weighted by molar-refractivity contribution is 6.08. The minimum atomic E-state index is -0.553. The molecular formula is C5H4AlN3O2. The van der Waals surface area contributed by atoms with Crippen molar-refractivity contribution >= 4 is 28.4 Å². The quantitative estimate of drug-likeness (QED) is 0.556. The molecule has 0 aliphatic rings. The molecule has 1 aromatic heterocycles. The van der Waals surface area contributed by atoms with Crippen molar-refractivity contribution in [1.29, 1.82) is 0 Å². The largest absolute Gasteiger partial charge is 0.623 e. The van der Waals surface area contributed by atoms with Gasteiger partial charge in [-0.15, -0.1) is 0 Å². The summed E-state index contributed by atoms with van der Waals surface area (Å²) >= 11 is 1.83. The van der Waals surface area contributed by atoms with Crippen LogP contribution < -0.4 is 5.73 Å². The Kier molecular flexibility index (Phi) is 2.41. The van der Waals surface area contributed by atoms with E-state index in [4.69, 9.17) is 5.73 Å². The zero-order valence-corrected chi connectivity index (χ0v) is 6.68. The summed E-state index contributed by atoms with van der Waals surface area (Å²) in [6.45, 7) is 0. The molecule has 1 rings (SSSR count). The summed E-state index contributed by atoms with van der Waals surface area (Å²) in [7, 11) is 0. The van der Waals surface area contributed by atoms with Crippen LogP contribution in [0.4, 0.5) is 5.82 Å². The van der Waals surface area contributed by atoms with Crippen molar-refractivity contribution in [2.75, 3.05) is 5.73 Å². The second-order valence-corrected chi connectivity index (χ2v) is 1.97. The lowest BCUT2D eigenvalue weighted by Crippen LogP contribution is -2.06. The van der Waals surface area contributed by atoms with Gasteiger partial charge in [0.2, 0.25) is 0 Å². The first-order chi connectivity index (χ1) is 5.24. The number of carbonyl (C=O) groups excluding carboxylic acids is 1. The molecule has 5 nitrogen and oxygen atoms in total. The van der Waals surface area contributed by atoms with E-state index in [0.717, 1.165) is 0 Å². The van der Waals surface area contributed by atoms with Crippen LogP contribution in [0, 0.1) is 0 Å².